The van der Waals surface area contributed by atoms with Crippen LogP contribution in [0.2, 0.25) is 0 Å². The minimum atomic E-state index is -0.598. The van der Waals surface area contributed by atoms with Gasteiger partial charge in [0.15, 0.2) is 0 Å². The number of pyridine rings is 1. The molecule has 0 saturated carbocycles. The minimum Gasteiger partial charge on any atom is -0.383 e. The third-order valence-electron chi connectivity index (χ3n) is 3.15. The SMILES string of the molecule is C=C/C(=C\N=C/Cn1cccn1)Nc1nc(N)c(C)cc1C(N)=O. The fourth-order valence-corrected chi connectivity index (χ4v) is 1.86. The molecule has 0 fully saturated rings. The molecule has 5 N–H and O–H groups in total. The summed E-state index contributed by atoms with van der Waals surface area (Å²) in [4.78, 5) is 19.9. The first-order valence-corrected chi connectivity index (χ1v) is 7.17. The summed E-state index contributed by atoms with van der Waals surface area (Å²) >= 11 is 0. The van der Waals surface area contributed by atoms with Crippen molar-refractivity contribution in [2.75, 3.05) is 11.1 Å². The number of carbonyl (C=O) groups is 1. The molecule has 2 heterocycles. The number of aliphatic imine (C=N–C) groups is 1. The van der Waals surface area contributed by atoms with E-state index >= 15 is 0 Å². The average molecular weight is 325 g/mol. The minimum absolute atomic E-state index is 0.245. The van der Waals surface area contributed by atoms with E-state index in [1.807, 2.05) is 12.3 Å². The lowest BCUT2D eigenvalue weighted by molar-refractivity contribution is 0.100. The van der Waals surface area contributed by atoms with Crippen LogP contribution >= 0.6 is 0 Å². The number of nitrogens with two attached hydrogens (primary N) is 2. The molecule has 0 aliphatic heterocycles. The van der Waals surface area contributed by atoms with Crippen molar-refractivity contribution in [1.82, 2.24) is 14.8 Å². The van der Waals surface area contributed by atoms with E-state index in [1.165, 1.54) is 0 Å². The summed E-state index contributed by atoms with van der Waals surface area (Å²) in [7, 11) is 0. The Morgan fingerprint density at radius 3 is 2.96 bits per heavy atom. The van der Waals surface area contributed by atoms with Crippen LogP contribution in [0.4, 0.5) is 11.6 Å². The fourth-order valence-electron chi connectivity index (χ4n) is 1.86. The molecule has 0 atom stereocenters. The molecule has 0 aliphatic rings. The molecule has 8 heteroatoms. The number of hydrogen-bond acceptors (Lipinski definition) is 6. The van der Waals surface area contributed by atoms with Crippen LogP contribution in [0, 0.1) is 6.92 Å². The van der Waals surface area contributed by atoms with E-state index in [1.54, 1.807) is 42.4 Å². The molecule has 24 heavy (non-hydrogen) atoms. The molecule has 2 rings (SSSR count). The second-order valence-corrected chi connectivity index (χ2v) is 4.92. The zero-order chi connectivity index (χ0) is 17.5. The number of carbonyl (C=O) groups excluding carboxylic acids is 1. The monoisotopic (exact) mass is 325 g/mol. The number of amides is 1. The lowest BCUT2D eigenvalue weighted by Crippen LogP contribution is -2.16. The predicted octanol–water partition coefficient (Wildman–Crippen LogP) is 1.48. The van der Waals surface area contributed by atoms with Gasteiger partial charge in [-0.15, -0.1) is 0 Å². The molecule has 8 nitrogen and oxygen atoms in total. The van der Waals surface area contributed by atoms with E-state index in [-0.39, 0.29) is 11.4 Å². The van der Waals surface area contributed by atoms with Crippen molar-refractivity contribution in [2.24, 2.45) is 10.7 Å². The number of hydrogen-bond donors (Lipinski definition) is 3. The zero-order valence-electron chi connectivity index (χ0n) is 13.3. The van der Waals surface area contributed by atoms with Gasteiger partial charge in [0.1, 0.15) is 11.6 Å². The van der Waals surface area contributed by atoms with Gasteiger partial charge < -0.3 is 16.8 Å². The second kappa shape index (κ2) is 7.73. The molecule has 2 aromatic heterocycles. The Kier molecular flexibility index (Phi) is 5.45. The van der Waals surface area contributed by atoms with Crippen LogP contribution in [0.1, 0.15) is 15.9 Å². The molecule has 0 unspecified atom stereocenters. The van der Waals surface area contributed by atoms with Crippen LogP contribution in [0.5, 0.6) is 0 Å². The Hall–Kier alpha value is -3.42. The summed E-state index contributed by atoms with van der Waals surface area (Å²) in [6, 6.07) is 3.42. The van der Waals surface area contributed by atoms with E-state index in [4.69, 9.17) is 11.5 Å². The third kappa shape index (κ3) is 4.29. The van der Waals surface area contributed by atoms with Gasteiger partial charge in [-0.05, 0) is 30.7 Å². The summed E-state index contributed by atoms with van der Waals surface area (Å²) in [5.41, 5.74) is 12.6. The topological polar surface area (TPSA) is 124 Å². The van der Waals surface area contributed by atoms with Gasteiger partial charge in [-0.1, -0.05) is 6.58 Å². The van der Waals surface area contributed by atoms with E-state index in [2.05, 4.69) is 27.0 Å². The van der Waals surface area contributed by atoms with Gasteiger partial charge in [-0.3, -0.25) is 14.5 Å². The number of primary amides is 1. The van der Waals surface area contributed by atoms with Crippen LogP contribution in [0.3, 0.4) is 0 Å². The number of aromatic nitrogens is 3. The summed E-state index contributed by atoms with van der Waals surface area (Å²) in [6.45, 7) is 5.99. The Morgan fingerprint density at radius 2 is 2.33 bits per heavy atom. The summed E-state index contributed by atoms with van der Waals surface area (Å²) < 4.78 is 1.73. The Morgan fingerprint density at radius 1 is 1.54 bits per heavy atom. The molecule has 2 aromatic rings. The molecule has 0 spiro atoms. The third-order valence-corrected chi connectivity index (χ3v) is 3.15. The highest BCUT2D eigenvalue weighted by Crippen LogP contribution is 2.20. The number of nitrogens with zero attached hydrogens (tertiary/aromatic N) is 4. The summed E-state index contributed by atoms with van der Waals surface area (Å²) in [6.07, 6.45) is 8.32. The van der Waals surface area contributed by atoms with Crippen molar-refractivity contribution >= 4 is 23.8 Å². The van der Waals surface area contributed by atoms with Crippen molar-refractivity contribution in [3.05, 3.63) is 60.2 Å². The number of aryl methyl sites for hydroxylation is 1. The molecule has 0 bridgehead atoms. The van der Waals surface area contributed by atoms with Gasteiger partial charge in [0.25, 0.3) is 5.91 Å². The molecule has 0 radical (unpaired) electrons. The van der Waals surface area contributed by atoms with Crippen molar-refractivity contribution in [1.29, 1.82) is 0 Å². The smallest absolute Gasteiger partial charge is 0.252 e. The Balaban J connectivity index is 2.16. The van der Waals surface area contributed by atoms with Crippen LogP contribution < -0.4 is 16.8 Å². The van der Waals surface area contributed by atoms with Crippen molar-refractivity contribution in [3.8, 4) is 0 Å². The Labute approximate surface area is 139 Å². The van der Waals surface area contributed by atoms with E-state index in [0.717, 1.165) is 0 Å². The standard InChI is InChI=1S/C16H19N7O/c1-3-12(10-19-6-8-23-7-4-5-20-23)21-16-13(15(18)24)9-11(2)14(17)22-16/h3-7,9-10H,1,8H2,2H3,(H2,18,24)(H3,17,21,22)/b12-10+,19-6-. The lowest BCUT2D eigenvalue weighted by Gasteiger charge is -2.11. The van der Waals surface area contributed by atoms with Gasteiger partial charge >= 0.3 is 0 Å². The van der Waals surface area contributed by atoms with Gasteiger partial charge in [0.05, 0.1) is 17.8 Å². The number of nitrogen functional groups attached to an aromatic ring is 1. The van der Waals surface area contributed by atoms with Crippen LogP contribution in [0.25, 0.3) is 0 Å². The molecular weight excluding hydrogens is 306 g/mol. The second-order valence-electron chi connectivity index (χ2n) is 4.92. The van der Waals surface area contributed by atoms with Gasteiger partial charge in [-0.2, -0.15) is 5.10 Å². The molecule has 124 valence electrons. The fraction of sp³-hybridized carbons (Fsp3) is 0.125. The largest absolute Gasteiger partial charge is 0.383 e. The Bertz CT molecular complexity index is 791. The predicted molar refractivity (Wildman–Crippen MR) is 94.5 cm³/mol. The number of allylic oxidation sites excluding steroid dienone is 1. The molecule has 0 aromatic carbocycles. The summed E-state index contributed by atoms with van der Waals surface area (Å²) in [5, 5.41) is 7.02. The number of anilines is 2. The van der Waals surface area contributed by atoms with Crippen LogP contribution in [-0.4, -0.2) is 26.9 Å². The van der Waals surface area contributed by atoms with Gasteiger partial charge in [-0.25, -0.2) is 4.98 Å². The van der Waals surface area contributed by atoms with Crippen molar-refractivity contribution in [3.63, 3.8) is 0 Å². The molecule has 0 saturated heterocycles. The average Bonchev–Trinajstić information content (AvgIpc) is 3.06. The van der Waals surface area contributed by atoms with E-state index < -0.39 is 5.91 Å². The normalized spacial score (nSPS) is 11.6. The maximum absolute atomic E-state index is 11.6. The number of rotatable bonds is 7. The van der Waals surface area contributed by atoms with Gasteiger partial charge in [0.2, 0.25) is 0 Å². The zero-order valence-corrected chi connectivity index (χ0v) is 13.3. The molecule has 1 amide bonds. The highest BCUT2D eigenvalue weighted by atomic mass is 16.1. The first-order valence-electron chi connectivity index (χ1n) is 7.17. The number of nitrogens with one attached hydrogen (secondary N) is 1. The maximum Gasteiger partial charge on any atom is 0.252 e. The summed E-state index contributed by atoms with van der Waals surface area (Å²) in [5.74, 6) is -0.0224. The quantitative estimate of drug-likeness (QED) is 0.525. The van der Waals surface area contributed by atoms with Crippen LogP contribution in [0.15, 0.2) is 54.1 Å². The maximum atomic E-state index is 11.6. The van der Waals surface area contributed by atoms with E-state index in [9.17, 15) is 4.79 Å². The molecule has 0 aliphatic carbocycles. The van der Waals surface area contributed by atoms with Crippen molar-refractivity contribution < 1.29 is 4.79 Å². The lowest BCUT2D eigenvalue weighted by atomic mass is 10.1. The van der Waals surface area contributed by atoms with Crippen LogP contribution in [-0.2, 0) is 6.54 Å². The van der Waals surface area contributed by atoms with Crippen molar-refractivity contribution in [2.45, 2.75) is 13.5 Å². The first-order chi connectivity index (χ1) is 11.5. The molecular formula is C16H19N7O. The van der Waals surface area contributed by atoms with Gasteiger partial charge in [0, 0.05) is 24.8 Å². The highest BCUT2D eigenvalue weighted by molar-refractivity contribution is 5.98. The first kappa shape index (κ1) is 16.9. The highest BCUT2D eigenvalue weighted by Gasteiger charge is 2.12. The van der Waals surface area contributed by atoms with E-state index in [0.29, 0.717) is 23.6 Å².